The number of rotatable bonds is 6. The van der Waals surface area contributed by atoms with Crippen LogP contribution in [0.5, 0.6) is 11.5 Å². The number of aryl methyl sites for hydroxylation is 2. The second-order valence-corrected chi connectivity index (χ2v) is 6.79. The van der Waals surface area contributed by atoms with Crippen LogP contribution in [-0.4, -0.2) is 48.0 Å². The average Bonchev–Trinajstić information content (AvgIpc) is 3.32. The third kappa shape index (κ3) is 4.18. The van der Waals surface area contributed by atoms with Crippen molar-refractivity contribution in [2.75, 3.05) is 27.3 Å². The third-order valence-electron chi connectivity index (χ3n) is 5.15. The lowest BCUT2D eigenvalue weighted by Gasteiger charge is -2.19. The third-order valence-corrected chi connectivity index (χ3v) is 5.15. The predicted molar refractivity (Wildman–Crippen MR) is 103 cm³/mol. The van der Waals surface area contributed by atoms with Crippen LogP contribution in [0.25, 0.3) is 0 Å². The number of methoxy groups -OCH3 is 2. The first kappa shape index (κ1) is 19.1. The Labute approximate surface area is 160 Å². The van der Waals surface area contributed by atoms with Crippen LogP contribution in [-0.2, 0) is 13.1 Å². The topological polar surface area (TPSA) is 68.6 Å². The molecule has 1 aliphatic rings. The van der Waals surface area contributed by atoms with Gasteiger partial charge in [0.25, 0.3) is 0 Å². The van der Waals surface area contributed by atoms with Crippen LogP contribution >= 0.6 is 0 Å². The van der Waals surface area contributed by atoms with Crippen LogP contribution in [0.3, 0.4) is 0 Å². The monoisotopic (exact) mass is 372 g/mol. The molecule has 1 fully saturated rings. The zero-order valence-corrected chi connectivity index (χ0v) is 16.5. The van der Waals surface area contributed by atoms with Gasteiger partial charge in [-0.15, -0.1) is 0 Å². The van der Waals surface area contributed by atoms with Crippen LogP contribution in [0, 0.1) is 6.92 Å². The number of hydrogen-bond donors (Lipinski definition) is 1. The molecule has 2 aromatic rings. The van der Waals surface area contributed by atoms with Gasteiger partial charge in [0.15, 0.2) is 0 Å². The first-order valence-electron chi connectivity index (χ1n) is 9.33. The maximum Gasteiger partial charge on any atom is 0.317 e. The van der Waals surface area contributed by atoms with Crippen molar-refractivity contribution in [2.45, 2.75) is 39.3 Å². The highest BCUT2D eigenvalue weighted by Gasteiger charge is 2.29. The molecule has 0 aliphatic carbocycles. The summed E-state index contributed by atoms with van der Waals surface area (Å²) in [6.07, 6.45) is 2.90. The molecule has 0 bridgehead atoms. The van der Waals surface area contributed by atoms with Gasteiger partial charge in [0.05, 0.1) is 19.9 Å². The van der Waals surface area contributed by atoms with E-state index in [0.29, 0.717) is 13.1 Å². The number of ether oxygens (including phenoxy) is 2. The molecule has 2 heterocycles. The second kappa shape index (κ2) is 8.33. The van der Waals surface area contributed by atoms with Crippen molar-refractivity contribution in [1.29, 1.82) is 0 Å². The average molecular weight is 372 g/mol. The smallest absolute Gasteiger partial charge is 0.317 e. The Kier molecular flexibility index (Phi) is 5.88. The van der Waals surface area contributed by atoms with E-state index in [0.717, 1.165) is 47.8 Å². The molecule has 27 heavy (non-hydrogen) atoms. The number of likely N-dealkylation sites (tertiary alicyclic amines) is 1. The Bertz CT molecular complexity index is 803. The fourth-order valence-corrected chi connectivity index (χ4v) is 3.53. The molecule has 0 radical (unpaired) electrons. The lowest BCUT2D eigenvalue weighted by atomic mass is 9.97. The number of carbonyl (C=O) groups is 1. The molecule has 1 N–H and O–H groups in total. The predicted octanol–water partition coefficient (Wildman–Crippen LogP) is 2.93. The van der Waals surface area contributed by atoms with Gasteiger partial charge in [0.1, 0.15) is 11.5 Å². The summed E-state index contributed by atoms with van der Waals surface area (Å²) in [6.45, 7) is 6.73. The van der Waals surface area contributed by atoms with Gasteiger partial charge >= 0.3 is 6.03 Å². The molecular formula is C20H28N4O3. The quantitative estimate of drug-likeness (QED) is 0.847. The van der Waals surface area contributed by atoms with Crippen LogP contribution in [0.2, 0.25) is 0 Å². The number of urea groups is 1. The molecule has 3 rings (SSSR count). The molecular weight excluding hydrogens is 344 g/mol. The van der Waals surface area contributed by atoms with E-state index in [9.17, 15) is 4.79 Å². The summed E-state index contributed by atoms with van der Waals surface area (Å²) in [5, 5.41) is 7.44. The van der Waals surface area contributed by atoms with Gasteiger partial charge in [0.2, 0.25) is 0 Å². The second-order valence-electron chi connectivity index (χ2n) is 6.79. The Morgan fingerprint density at radius 2 is 2.15 bits per heavy atom. The van der Waals surface area contributed by atoms with E-state index >= 15 is 0 Å². The van der Waals surface area contributed by atoms with Crippen molar-refractivity contribution in [2.24, 2.45) is 0 Å². The van der Waals surface area contributed by atoms with E-state index < -0.39 is 0 Å². The summed E-state index contributed by atoms with van der Waals surface area (Å²) < 4.78 is 12.7. The lowest BCUT2D eigenvalue weighted by Crippen LogP contribution is -2.38. The Morgan fingerprint density at radius 3 is 2.81 bits per heavy atom. The normalized spacial score (nSPS) is 16.4. The van der Waals surface area contributed by atoms with Crippen LogP contribution in [0.4, 0.5) is 4.79 Å². The summed E-state index contributed by atoms with van der Waals surface area (Å²) in [4.78, 5) is 14.5. The van der Waals surface area contributed by atoms with E-state index in [-0.39, 0.29) is 11.9 Å². The van der Waals surface area contributed by atoms with Crippen molar-refractivity contribution in [1.82, 2.24) is 20.0 Å². The van der Waals surface area contributed by atoms with E-state index in [1.54, 1.807) is 14.2 Å². The van der Waals surface area contributed by atoms with Gasteiger partial charge in [-0.1, -0.05) is 0 Å². The van der Waals surface area contributed by atoms with E-state index in [1.165, 1.54) is 0 Å². The number of aromatic nitrogens is 2. The number of carbonyl (C=O) groups excluding carboxylic acids is 1. The van der Waals surface area contributed by atoms with Gasteiger partial charge in [0, 0.05) is 49.4 Å². The summed E-state index contributed by atoms with van der Waals surface area (Å²) >= 11 is 0. The van der Waals surface area contributed by atoms with Crippen molar-refractivity contribution in [3.63, 3.8) is 0 Å². The molecule has 7 nitrogen and oxygen atoms in total. The molecule has 7 heteroatoms. The Balaban J connectivity index is 1.62. The molecule has 2 amide bonds. The standard InChI is InChI=1S/C20H28N4O3/c1-5-24-13-16(14(2)22-24)11-21-20(25)23-9-8-15(12-23)18-10-17(26-3)6-7-19(18)27-4/h6-7,10,13,15H,5,8-9,11-12H2,1-4H3,(H,21,25). The van der Waals surface area contributed by atoms with Crippen LogP contribution in [0.15, 0.2) is 24.4 Å². The minimum atomic E-state index is -0.0389. The number of nitrogens with one attached hydrogen (secondary N) is 1. The summed E-state index contributed by atoms with van der Waals surface area (Å²) in [6, 6.07) is 5.78. The molecule has 0 saturated carbocycles. The molecule has 1 saturated heterocycles. The van der Waals surface area contributed by atoms with Crippen LogP contribution < -0.4 is 14.8 Å². The zero-order valence-electron chi connectivity index (χ0n) is 16.5. The first-order chi connectivity index (χ1) is 13.0. The number of benzene rings is 1. The number of nitrogens with zero attached hydrogens (tertiary/aromatic N) is 3. The molecule has 146 valence electrons. The highest BCUT2D eigenvalue weighted by Crippen LogP contribution is 2.35. The Morgan fingerprint density at radius 1 is 1.33 bits per heavy atom. The van der Waals surface area contributed by atoms with Crippen molar-refractivity contribution < 1.29 is 14.3 Å². The van der Waals surface area contributed by atoms with E-state index in [4.69, 9.17) is 9.47 Å². The van der Waals surface area contributed by atoms with Crippen LogP contribution in [0.1, 0.15) is 36.1 Å². The fraction of sp³-hybridized carbons (Fsp3) is 0.500. The molecule has 1 aliphatic heterocycles. The molecule has 1 aromatic carbocycles. The maximum atomic E-state index is 12.6. The van der Waals surface area contributed by atoms with Crippen molar-refractivity contribution >= 4 is 6.03 Å². The summed E-state index contributed by atoms with van der Waals surface area (Å²) in [5.74, 6) is 1.88. The van der Waals surface area contributed by atoms with Gasteiger partial charge in [-0.3, -0.25) is 4.68 Å². The molecule has 1 atom stereocenters. The van der Waals surface area contributed by atoms with E-state index in [2.05, 4.69) is 10.4 Å². The van der Waals surface area contributed by atoms with Gasteiger partial charge in [-0.2, -0.15) is 5.10 Å². The van der Waals surface area contributed by atoms with Crippen molar-refractivity contribution in [3.8, 4) is 11.5 Å². The maximum absolute atomic E-state index is 12.6. The SMILES string of the molecule is CCn1cc(CNC(=O)N2CCC(c3cc(OC)ccc3OC)C2)c(C)n1. The summed E-state index contributed by atoms with van der Waals surface area (Å²) in [5.41, 5.74) is 3.10. The lowest BCUT2D eigenvalue weighted by molar-refractivity contribution is 0.207. The minimum Gasteiger partial charge on any atom is -0.497 e. The highest BCUT2D eigenvalue weighted by atomic mass is 16.5. The summed E-state index contributed by atoms with van der Waals surface area (Å²) in [7, 11) is 3.33. The first-order valence-corrected chi connectivity index (χ1v) is 9.33. The zero-order chi connectivity index (χ0) is 19.4. The number of amides is 2. The minimum absolute atomic E-state index is 0.0389. The van der Waals surface area contributed by atoms with Gasteiger partial charge in [-0.25, -0.2) is 4.79 Å². The highest BCUT2D eigenvalue weighted by molar-refractivity contribution is 5.74. The molecule has 0 spiro atoms. The fourth-order valence-electron chi connectivity index (χ4n) is 3.53. The van der Waals surface area contributed by atoms with Crippen molar-refractivity contribution in [3.05, 3.63) is 41.2 Å². The molecule has 1 unspecified atom stereocenters. The van der Waals surface area contributed by atoms with E-state index in [1.807, 2.05) is 47.8 Å². The number of hydrogen-bond acceptors (Lipinski definition) is 4. The molecule has 1 aromatic heterocycles. The van der Waals surface area contributed by atoms with Gasteiger partial charge < -0.3 is 19.7 Å². The largest absolute Gasteiger partial charge is 0.497 e. The van der Waals surface area contributed by atoms with Gasteiger partial charge in [-0.05, 0) is 38.5 Å². The Hall–Kier alpha value is -2.70.